The first-order chi connectivity index (χ1) is 19.0. The molecule has 0 spiro atoms. The molecule has 0 aliphatic heterocycles. The van der Waals surface area contributed by atoms with E-state index in [0.717, 1.165) is 45.4 Å². The predicted octanol–water partition coefficient (Wildman–Crippen LogP) is 9.28. The Hall–Kier alpha value is -2.80. The molecule has 4 rings (SSSR count). The molecule has 1 unspecified atom stereocenters. The van der Waals surface area contributed by atoms with Crippen LogP contribution >= 0.6 is 22.7 Å². The first-order valence-corrected chi connectivity index (χ1v) is 14.1. The van der Waals surface area contributed by atoms with Crippen molar-refractivity contribution in [2.45, 2.75) is 65.7 Å². The Balaban J connectivity index is 0.000000287. The smallest absolute Gasteiger partial charge is 0.396 e. The molecule has 42 heavy (non-hydrogen) atoms. The Morgan fingerprint density at radius 2 is 1.12 bits per heavy atom. The highest BCUT2D eigenvalue weighted by molar-refractivity contribution is 7.15. The molecule has 0 aliphatic rings. The number of hydrogen-bond acceptors (Lipinski definition) is 6. The summed E-state index contributed by atoms with van der Waals surface area (Å²) < 4.78 is 75.2. The van der Waals surface area contributed by atoms with Gasteiger partial charge in [0.2, 0.25) is 0 Å². The summed E-state index contributed by atoms with van der Waals surface area (Å²) in [5.41, 5.74) is 1.08. The molecule has 0 saturated carbocycles. The number of nitrogens with zero attached hydrogens (tertiary/aromatic N) is 2. The minimum atomic E-state index is -4.33. The molecule has 0 fully saturated rings. The van der Waals surface area contributed by atoms with Crippen molar-refractivity contribution in [1.29, 1.82) is 0 Å². The maximum Gasteiger partial charge on any atom is 0.416 e. The van der Waals surface area contributed by atoms with Crippen LogP contribution in [-0.2, 0) is 17.8 Å². The number of aliphatic hydroxyl groups is 2. The Bertz CT molecular complexity index is 1440. The van der Waals surface area contributed by atoms with Gasteiger partial charge in [-0.05, 0) is 38.1 Å². The van der Waals surface area contributed by atoms with Crippen molar-refractivity contribution in [2.75, 3.05) is 13.2 Å². The van der Waals surface area contributed by atoms with Crippen LogP contribution in [0.3, 0.4) is 0 Å². The zero-order valence-corrected chi connectivity index (χ0v) is 24.6. The lowest BCUT2D eigenvalue weighted by atomic mass is 9.90. The van der Waals surface area contributed by atoms with Crippen LogP contribution in [0.5, 0.6) is 0 Å². The lowest BCUT2D eigenvalue weighted by Gasteiger charge is -2.19. The number of alkyl halides is 6. The third-order valence-corrected chi connectivity index (χ3v) is 8.38. The third kappa shape index (κ3) is 8.40. The predicted molar refractivity (Wildman–Crippen MR) is 157 cm³/mol. The second-order valence-electron chi connectivity index (χ2n) is 10.2. The fourth-order valence-corrected chi connectivity index (χ4v) is 6.04. The SMILES string of the molecule is C.Cc1sc(-c2ccc(C(F)(F)F)cc2)nc1C(C)(C)CO.Cc1sc(-c2ccc(C(F)(F)F)cc2)nc1C(C)CO. The number of halogens is 6. The number of thiazole rings is 2. The molecule has 2 aromatic heterocycles. The van der Waals surface area contributed by atoms with Gasteiger partial charge in [0.25, 0.3) is 0 Å². The monoisotopic (exact) mass is 632 g/mol. The molecule has 0 aliphatic carbocycles. The lowest BCUT2D eigenvalue weighted by Crippen LogP contribution is -2.23. The van der Waals surface area contributed by atoms with E-state index in [-0.39, 0.29) is 26.6 Å². The number of benzene rings is 2. The van der Waals surface area contributed by atoms with E-state index in [4.69, 9.17) is 5.11 Å². The number of rotatable bonds is 6. The van der Waals surface area contributed by atoms with Crippen LogP contribution in [-0.4, -0.2) is 33.4 Å². The van der Waals surface area contributed by atoms with Gasteiger partial charge in [0.15, 0.2) is 0 Å². The molecule has 2 heterocycles. The van der Waals surface area contributed by atoms with E-state index in [1.54, 1.807) is 0 Å². The molecule has 230 valence electrons. The lowest BCUT2D eigenvalue weighted by molar-refractivity contribution is -0.138. The van der Waals surface area contributed by atoms with Crippen LogP contribution < -0.4 is 0 Å². The highest BCUT2D eigenvalue weighted by atomic mass is 32.1. The van der Waals surface area contributed by atoms with Gasteiger partial charge in [-0.2, -0.15) is 26.3 Å². The number of hydrogen-bond donors (Lipinski definition) is 2. The summed E-state index contributed by atoms with van der Waals surface area (Å²) in [5.74, 6) is -0.0746. The third-order valence-electron chi connectivity index (χ3n) is 6.32. The zero-order chi connectivity index (χ0) is 30.8. The van der Waals surface area contributed by atoms with Crippen LogP contribution in [0, 0.1) is 13.8 Å². The van der Waals surface area contributed by atoms with Crippen LogP contribution in [0.25, 0.3) is 21.1 Å². The minimum Gasteiger partial charge on any atom is -0.396 e. The van der Waals surface area contributed by atoms with E-state index >= 15 is 0 Å². The first kappa shape index (κ1) is 35.4. The number of aliphatic hydroxyl groups excluding tert-OH is 2. The summed E-state index contributed by atoms with van der Waals surface area (Å²) in [6.45, 7) is 9.38. The van der Waals surface area contributed by atoms with Crippen molar-refractivity contribution in [3.63, 3.8) is 0 Å². The van der Waals surface area contributed by atoms with Crippen molar-refractivity contribution >= 4 is 22.7 Å². The summed E-state index contributed by atoms with van der Waals surface area (Å²) in [4.78, 5) is 10.8. The Labute approximate surface area is 249 Å². The first-order valence-electron chi connectivity index (χ1n) is 12.5. The molecular formula is C30H34F6N2O2S2. The summed E-state index contributed by atoms with van der Waals surface area (Å²) in [6.07, 6.45) is -8.66. The molecule has 0 radical (unpaired) electrons. The maximum atomic E-state index is 12.6. The van der Waals surface area contributed by atoms with Crippen LogP contribution in [0.4, 0.5) is 26.3 Å². The molecule has 4 aromatic rings. The Morgan fingerprint density at radius 1 is 0.714 bits per heavy atom. The summed E-state index contributed by atoms with van der Waals surface area (Å²) in [5, 5.41) is 19.9. The molecule has 0 bridgehead atoms. The molecule has 4 nitrogen and oxygen atoms in total. The molecule has 12 heteroatoms. The topological polar surface area (TPSA) is 66.2 Å². The second kappa shape index (κ2) is 13.7. The van der Waals surface area contributed by atoms with E-state index in [2.05, 4.69) is 9.97 Å². The average Bonchev–Trinajstić information content (AvgIpc) is 3.51. The van der Waals surface area contributed by atoms with E-state index in [9.17, 15) is 31.4 Å². The van der Waals surface area contributed by atoms with Gasteiger partial charge in [-0.15, -0.1) is 22.7 Å². The fraction of sp³-hybridized carbons (Fsp3) is 0.400. The van der Waals surface area contributed by atoms with Gasteiger partial charge >= 0.3 is 12.4 Å². The van der Waals surface area contributed by atoms with Crippen molar-refractivity contribution < 1.29 is 36.6 Å². The molecule has 0 amide bonds. The van der Waals surface area contributed by atoms with Crippen LogP contribution in [0.1, 0.15) is 66.4 Å². The van der Waals surface area contributed by atoms with Gasteiger partial charge in [0.1, 0.15) is 10.0 Å². The molecular weight excluding hydrogens is 598 g/mol. The van der Waals surface area contributed by atoms with Gasteiger partial charge in [-0.3, -0.25) is 0 Å². The summed E-state index contributed by atoms with van der Waals surface area (Å²) in [6, 6.07) is 9.94. The van der Waals surface area contributed by atoms with Crippen molar-refractivity contribution in [3.05, 3.63) is 80.8 Å². The van der Waals surface area contributed by atoms with E-state index in [1.165, 1.54) is 46.9 Å². The quantitative estimate of drug-likeness (QED) is 0.208. The molecule has 2 aromatic carbocycles. The normalized spacial score (nSPS) is 12.8. The van der Waals surface area contributed by atoms with Crippen molar-refractivity contribution in [3.8, 4) is 21.1 Å². The van der Waals surface area contributed by atoms with Crippen molar-refractivity contribution in [2.24, 2.45) is 0 Å². The van der Waals surface area contributed by atoms with Gasteiger partial charge in [-0.25, -0.2) is 9.97 Å². The molecule has 1 atom stereocenters. The van der Waals surface area contributed by atoms with E-state index in [0.29, 0.717) is 21.1 Å². The second-order valence-corrected chi connectivity index (χ2v) is 12.6. The average molecular weight is 633 g/mol. The fourth-order valence-electron chi connectivity index (χ4n) is 3.90. The molecule has 2 N–H and O–H groups in total. The highest BCUT2D eigenvalue weighted by Gasteiger charge is 2.31. The van der Waals surface area contributed by atoms with Gasteiger partial charge < -0.3 is 10.2 Å². The van der Waals surface area contributed by atoms with Gasteiger partial charge in [-0.1, -0.05) is 52.5 Å². The maximum absolute atomic E-state index is 12.6. The van der Waals surface area contributed by atoms with E-state index in [1.807, 2.05) is 34.6 Å². The summed E-state index contributed by atoms with van der Waals surface area (Å²) >= 11 is 2.84. The Morgan fingerprint density at radius 3 is 1.50 bits per heavy atom. The summed E-state index contributed by atoms with van der Waals surface area (Å²) in [7, 11) is 0. The van der Waals surface area contributed by atoms with Crippen LogP contribution in [0.15, 0.2) is 48.5 Å². The largest absolute Gasteiger partial charge is 0.416 e. The molecule has 0 saturated heterocycles. The number of aryl methyl sites for hydroxylation is 2. The van der Waals surface area contributed by atoms with Crippen molar-refractivity contribution in [1.82, 2.24) is 9.97 Å². The minimum absolute atomic E-state index is 0. The highest BCUT2D eigenvalue weighted by Crippen LogP contribution is 2.36. The standard InChI is InChI=1S/C15H16F3NOS.C14H14F3NOS.CH4/c1-9-12(14(2,3)8-20)19-13(21-9)10-4-6-11(7-5-10)15(16,17)18;1-8(7-19)12-9(2)20-13(18-12)10-3-5-11(6-4-10)14(15,16)17;/h4-7,20H,8H2,1-3H3;3-6,8,19H,7H2,1-2H3;1H4. The zero-order valence-electron chi connectivity index (χ0n) is 23.0. The number of aromatic nitrogens is 2. The van der Waals surface area contributed by atoms with E-state index < -0.39 is 28.9 Å². The van der Waals surface area contributed by atoms with Crippen LogP contribution in [0.2, 0.25) is 0 Å². The van der Waals surface area contributed by atoms with Gasteiger partial charge in [0.05, 0.1) is 35.7 Å². The van der Waals surface area contributed by atoms with Gasteiger partial charge in [0, 0.05) is 32.2 Å². The Kier molecular flexibility index (Phi) is 11.5.